The van der Waals surface area contributed by atoms with E-state index >= 15 is 0 Å². The Hall–Kier alpha value is -1.29. The van der Waals surface area contributed by atoms with E-state index in [2.05, 4.69) is 0 Å². The van der Waals surface area contributed by atoms with Crippen LogP contribution in [0.5, 0.6) is 0 Å². The fraction of sp³-hybridized carbons (Fsp3) is 0.545. The first-order chi connectivity index (χ1) is 7.15. The molecule has 0 amide bonds. The van der Waals surface area contributed by atoms with Gasteiger partial charge in [0.2, 0.25) is 0 Å². The molecule has 0 aliphatic carbocycles. The van der Waals surface area contributed by atoms with E-state index in [1.54, 1.807) is 13.2 Å². The SMILES string of the molecule is CCOC(=O)CC(c1ccco1)N(C)C. The van der Waals surface area contributed by atoms with E-state index < -0.39 is 0 Å². The summed E-state index contributed by atoms with van der Waals surface area (Å²) in [7, 11) is 3.82. The van der Waals surface area contributed by atoms with Crippen molar-refractivity contribution in [1.82, 2.24) is 4.90 Å². The highest BCUT2D eigenvalue weighted by Gasteiger charge is 2.21. The Kier molecular flexibility index (Phi) is 4.37. The van der Waals surface area contributed by atoms with Gasteiger partial charge in [-0.2, -0.15) is 0 Å². The Balaban J connectivity index is 2.64. The number of rotatable bonds is 5. The predicted molar refractivity (Wildman–Crippen MR) is 56.4 cm³/mol. The number of esters is 1. The van der Waals surface area contributed by atoms with Crippen molar-refractivity contribution < 1.29 is 13.9 Å². The van der Waals surface area contributed by atoms with Gasteiger partial charge in [0.15, 0.2) is 0 Å². The number of hydrogen-bond donors (Lipinski definition) is 0. The highest BCUT2D eigenvalue weighted by molar-refractivity contribution is 5.70. The van der Waals surface area contributed by atoms with Crippen LogP contribution in [0.1, 0.15) is 25.1 Å². The molecule has 0 spiro atoms. The summed E-state index contributed by atoms with van der Waals surface area (Å²) in [5.74, 6) is 0.584. The van der Waals surface area contributed by atoms with E-state index in [0.29, 0.717) is 13.0 Å². The molecule has 84 valence electrons. The summed E-state index contributed by atoms with van der Waals surface area (Å²) in [5, 5.41) is 0. The zero-order chi connectivity index (χ0) is 11.3. The number of ether oxygens (including phenoxy) is 1. The minimum absolute atomic E-state index is 0.0564. The Morgan fingerprint density at radius 2 is 2.33 bits per heavy atom. The van der Waals surface area contributed by atoms with Gasteiger partial charge >= 0.3 is 5.97 Å². The van der Waals surface area contributed by atoms with Crippen LogP contribution >= 0.6 is 0 Å². The van der Waals surface area contributed by atoms with E-state index in [1.165, 1.54) is 0 Å². The fourth-order valence-corrected chi connectivity index (χ4v) is 1.40. The molecule has 1 rings (SSSR count). The summed E-state index contributed by atoms with van der Waals surface area (Å²) in [6.07, 6.45) is 1.92. The van der Waals surface area contributed by atoms with Crippen molar-refractivity contribution in [1.29, 1.82) is 0 Å². The predicted octanol–water partition coefficient (Wildman–Crippen LogP) is 1.84. The first-order valence-corrected chi connectivity index (χ1v) is 5.00. The smallest absolute Gasteiger partial charge is 0.307 e. The van der Waals surface area contributed by atoms with Gasteiger partial charge in [0.05, 0.1) is 25.3 Å². The van der Waals surface area contributed by atoms with Gasteiger partial charge in [0.1, 0.15) is 5.76 Å². The van der Waals surface area contributed by atoms with Crippen molar-refractivity contribution in [2.45, 2.75) is 19.4 Å². The number of nitrogens with zero attached hydrogens (tertiary/aromatic N) is 1. The first-order valence-electron chi connectivity index (χ1n) is 5.00. The molecule has 0 bridgehead atoms. The molecule has 1 heterocycles. The molecule has 1 aromatic heterocycles. The number of furan rings is 1. The average Bonchev–Trinajstić information content (AvgIpc) is 2.66. The van der Waals surface area contributed by atoms with Crippen molar-refractivity contribution in [3.63, 3.8) is 0 Å². The molecular formula is C11H17NO3. The molecule has 4 nitrogen and oxygen atoms in total. The lowest BCUT2D eigenvalue weighted by molar-refractivity contribution is -0.144. The Labute approximate surface area is 89.8 Å². The van der Waals surface area contributed by atoms with Crippen LogP contribution in [0.3, 0.4) is 0 Å². The summed E-state index contributed by atoms with van der Waals surface area (Å²) in [4.78, 5) is 13.3. The van der Waals surface area contributed by atoms with E-state index in [1.807, 2.05) is 31.1 Å². The molecule has 0 aliphatic rings. The van der Waals surface area contributed by atoms with Gasteiger partial charge in [-0.25, -0.2) is 0 Å². The molecular weight excluding hydrogens is 194 g/mol. The molecule has 0 aromatic carbocycles. The topological polar surface area (TPSA) is 42.7 Å². The average molecular weight is 211 g/mol. The van der Waals surface area contributed by atoms with Gasteiger partial charge in [-0.3, -0.25) is 9.69 Å². The minimum Gasteiger partial charge on any atom is -0.468 e. The van der Waals surface area contributed by atoms with Crippen LogP contribution in [-0.2, 0) is 9.53 Å². The highest BCUT2D eigenvalue weighted by Crippen LogP contribution is 2.22. The first kappa shape index (κ1) is 11.8. The lowest BCUT2D eigenvalue weighted by atomic mass is 10.1. The van der Waals surface area contributed by atoms with Crippen molar-refractivity contribution >= 4 is 5.97 Å². The maximum atomic E-state index is 11.4. The van der Waals surface area contributed by atoms with Crippen LogP contribution in [0, 0.1) is 0 Å². The second-order valence-corrected chi connectivity index (χ2v) is 3.50. The van der Waals surface area contributed by atoms with Crippen LogP contribution in [-0.4, -0.2) is 31.6 Å². The van der Waals surface area contributed by atoms with Gasteiger partial charge < -0.3 is 9.15 Å². The molecule has 0 radical (unpaired) electrons. The van der Waals surface area contributed by atoms with Crippen LogP contribution in [0.25, 0.3) is 0 Å². The van der Waals surface area contributed by atoms with Gasteiger partial charge in [-0.05, 0) is 33.2 Å². The van der Waals surface area contributed by atoms with Gasteiger partial charge in [0, 0.05) is 0 Å². The monoisotopic (exact) mass is 211 g/mol. The molecule has 1 unspecified atom stereocenters. The zero-order valence-electron chi connectivity index (χ0n) is 9.40. The van der Waals surface area contributed by atoms with Crippen LogP contribution in [0.15, 0.2) is 22.8 Å². The standard InChI is InChI=1S/C11H17NO3/c1-4-14-11(13)8-9(12(2)3)10-6-5-7-15-10/h5-7,9H,4,8H2,1-3H3. The van der Waals surface area contributed by atoms with E-state index in [-0.39, 0.29) is 12.0 Å². The summed E-state index contributed by atoms with van der Waals surface area (Å²) in [6.45, 7) is 2.21. The third-order valence-electron chi connectivity index (χ3n) is 2.16. The van der Waals surface area contributed by atoms with Gasteiger partial charge in [0.25, 0.3) is 0 Å². The third-order valence-corrected chi connectivity index (χ3v) is 2.16. The maximum Gasteiger partial charge on any atom is 0.307 e. The number of carbonyl (C=O) groups is 1. The van der Waals surface area contributed by atoms with Gasteiger partial charge in [-0.15, -0.1) is 0 Å². The van der Waals surface area contributed by atoms with Gasteiger partial charge in [-0.1, -0.05) is 0 Å². The second kappa shape index (κ2) is 5.56. The van der Waals surface area contributed by atoms with E-state index in [0.717, 1.165) is 5.76 Å². The van der Waals surface area contributed by atoms with Crippen molar-refractivity contribution in [2.24, 2.45) is 0 Å². The largest absolute Gasteiger partial charge is 0.468 e. The molecule has 1 atom stereocenters. The highest BCUT2D eigenvalue weighted by atomic mass is 16.5. The maximum absolute atomic E-state index is 11.4. The summed E-state index contributed by atoms with van der Waals surface area (Å²) in [5.41, 5.74) is 0. The van der Waals surface area contributed by atoms with E-state index in [4.69, 9.17) is 9.15 Å². The molecule has 4 heteroatoms. The van der Waals surface area contributed by atoms with Crippen molar-refractivity contribution in [2.75, 3.05) is 20.7 Å². The van der Waals surface area contributed by atoms with Crippen LogP contribution < -0.4 is 0 Å². The minimum atomic E-state index is -0.201. The second-order valence-electron chi connectivity index (χ2n) is 3.50. The molecule has 0 aliphatic heterocycles. The van der Waals surface area contributed by atoms with Crippen LogP contribution in [0.2, 0.25) is 0 Å². The molecule has 0 fully saturated rings. The molecule has 15 heavy (non-hydrogen) atoms. The van der Waals surface area contributed by atoms with E-state index in [9.17, 15) is 4.79 Å². The quantitative estimate of drug-likeness (QED) is 0.697. The zero-order valence-corrected chi connectivity index (χ0v) is 9.40. The number of carbonyl (C=O) groups excluding carboxylic acids is 1. The molecule has 1 aromatic rings. The van der Waals surface area contributed by atoms with Crippen molar-refractivity contribution in [3.8, 4) is 0 Å². The van der Waals surface area contributed by atoms with Crippen molar-refractivity contribution in [3.05, 3.63) is 24.2 Å². The molecule has 0 saturated carbocycles. The Bertz CT molecular complexity index is 293. The fourth-order valence-electron chi connectivity index (χ4n) is 1.40. The molecule has 0 N–H and O–H groups in total. The lowest BCUT2D eigenvalue weighted by Gasteiger charge is -2.21. The summed E-state index contributed by atoms with van der Waals surface area (Å²) >= 11 is 0. The Morgan fingerprint density at radius 3 is 2.80 bits per heavy atom. The van der Waals surface area contributed by atoms with Crippen LogP contribution in [0.4, 0.5) is 0 Å². The Morgan fingerprint density at radius 1 is 1.60 bits per heavy atom. The summed E-state index contributed by atoms with van der Waals surface area (Å²) < 4.78 is 10.2. The third kappa shape index (κ3) is 3.40. The molecule has 0 saturated heterocycles. The number of hydrogen-bond acceptors (Lipinski definition) is 4. The lowest BCUT2D eigenvalue weighted by Crippen LogP contribution is -2.23. The normalized spacial score (nSPS) is 12.8. The summed E-state index contributed by atoms with van der Waals surface area (Å²) in [6, 6.07) is 3.62.